The van der Waals surface area contributed by atoms with Gasteiger partial charge in [-0.1, -0.05) is 37.0 Å². The number of carbonyl (C=O) groups excluding carboxylic acids is 2. The highest BCUT2D eigenvalue weighted by molar-refractivity contribution is 6.41. The smallest absolute Gasteiger partial charge is 0.251 e. The molecule has 0 bridgehead atoms. The topological polar surface area (TPSA) is 58.5 Å². The quantitative estimate of drug-likeness (QED) is 0.586. The van der Waals surface area contributed by atoms with Gasteiger partial charge in [-0.2, -0.15) is 0 Å². The zero-order chi connectivity index (χ0) is 14.1. The summed E-state index contributed by atoms with van der Waals surface area (Å²) in [6.07, 6.45) is 11.5. The molecule has 0 aromatic heterocycles. The SMILES string of the molecule is C=C/C=C(\C=C/C)C(=O)NCC(=O)C1=NC=CCC1. The van der Waals surface area contributed by atoms with Crippen LogP contribution in [0.4, 0.5) is 0 Å². The largest absolute Gasteiger partial charge is 0.345 e. The number of allylic oxidation sites excluding steroid dienone is 4. The second-order valence-electron chi connectivity index (χ2n) is 3.96. The van der Waals surface area contributed by atoms with E-state index in [1.54, 1.807) is 24.4 Å². The minimum Gasteiger partial charge on any atom is -0.345 e. The molecule has 0 radical (unpaired) electrons. The van der Waals surface area contributed by atoms with Gasteiger partial charge < -0.3 is 5.32 Å². The van der Waals surface area contributed by atoms with E-state index < -0.39 is 0 Å². The molecule has 1 amide bonds. The van der Waals surface area contributed by atoms with E-state index in [4.69, 9.17) is 0 Å². The van der Waals surface area contributed by atoms with Crippen LogP contribution in [0.2, 0.25) is 0 Å². The second kappa shape index (κ2) is 7.97. The maximum Gasteiger partial charge on any atom is 0.251 e. The van der Waals surface area contributed by atoms with Gasteiger partial charge in [0.25, 0.3) is 5.91 Å². The third-order valence-electron chi connectivity index (χ3n) is 2.52. The van der Waals surface area contributed by atoms with Crippen LogP contribution >= 0.6 is 0 Å². The summed E-state index contributed by atoms with van der Waals surface area (Å²) in [7, 11) is 0. The maximum absolute atomic E-state index is 11.8. The Balaban J connectivity index is 2.56. The van der Waals surface area contributed by atoms with Gasteiger partial charge in [-0.3, -0.25) is 14.6 Å². The fourth-order valence-corrected chi connectivity index (χ4v) is 1.59. The van der Waals surface area contributed by atoms with E-state index in [9.17, 15) is 9.59 Å². The average molecular weight is 258 g/mol. The molecular formula is C15H18N2O2. The molecule has 100 valence electrons. The second-order valence-corrected chi connectivity index (χ2v) is 3.96. The van der Waals surface area contributed by atoms with Crippen LogP contribution in [0.1, 0.15) is 19.8 Å². The molecule has 1 aliphatic heterocycles. The number of rotatable bonds is 6. The van der Waals surface area contributed by atoms with E-state index in [-0.39, 0.29) is 18.2 Å². The van der Waals surface area contributed by atoms with Crippen LogP contribution in [0.15, 0.2) is 53.7 Å². The van der Waals surface area contributed by atoms with Gasteiger partial charge in [-0.25, -0.2) is 0 Å². The Hall–Kier alpha value is -2.23. The van der Waals surface area contributed by atoms with Crippen LogP contribution in [0.25, 0.3) is 0 Å². The number of nitrogens with zero attached hydrogens (tertiary/aromatic N) is 1. The van der Waals surface area contributed by atoms with E-state index in [0.29, 0.717) is 17.7 Å². The first-order valence-electron chi connectivity index (χ1n) is 6.17. The van der Waals surface area contributed by atoms with Gasteiger partial charge in [-0.15, -0.1) is 0 Å². The average Bonchev–Trinajstić information content (AvgIpc) is 2.45. The van der Waals surface area contributed by atoms with Crippen molar-refractivity contribution >= 4 is 17.4 Å². The highest BCUT2D eigenvalue weighted by atomic mass is 16.2. The molecule has 0 atom stereocenters. The number of aliphatic imine (C=N–C) groups is 1. The van der Waals surface area contributed by atoms with Crippen molar-refractivity contribution in [2.75, 3.05) is 6.54 Å². The van der Waals surface area contributed by atoms with Gasteiger partial charge in [0.15, 0.2) is 5.78 Å². The monoisotopic (exact) mass is 258 g/mol. The zero-order valence-corrected chi connectivity index (χ0v) is 11.1. The van der Waals surface area contributed by atoms with Crippen LogP contribution in [0.3, 0.4) is 0 Å². The highest BCUT2D eigenvalue weighted by Gasteiger charge is 2.14. The summed E-state index contributed by atoms with van der Waals surface area (Å²) in [5.41, 5.74) is 0.985. The van der Waals surface area contributed by atoms with Gasteiger partial charge in [-0.05, 0) is 19.8 Å². The predicted molar refractivity (Wildman–Crippen MR) is 76.9 cm³/mol. The zero-order valence-electron chi connectivity index (χ0n) is 11.1. The Bertz CT molecular complexity index is 482. The van der Waals surface area contributed by atoms with Crippen LogP contribution in [0.5, 0.6) is 0 Å². The Morgan fingerprint density at radius 1 is 1.53 bits per heavy atom. The van der Waals surface area contributed by atoms with Crippen molar-refractivity contribution < 1.29 is 9.59 Å². The molecule has 4 heteroatoms. The van der Waals surface area contributed by atoms with E-state index >= 15 is 0 Å². The number of hydrogen-bond acceptors (Lipinski definition) is 3. The Kier molecular flexibility index (Phi) is 6.22. The third kappa shape index (κ3) is 4.87. The Morgan fingerprint density at radius 3 is 2.89 bits per heavy atom. The summed E-state index contributed by atoms with van der Waals surface area (Å²) < 4.78 is 0. The van der Waals surface area contributed by atoms with Gasteiger partial charge in [0.1, 0.15) is 0 Å². The number of hydrogen-bond donors (Lipinski definition) is 1. The number of carbonyl (C=O) groups is 2. The highest BCUT2D eigenvalue weighted by Crippen LogP contribution is 2.03. The molecule has 0 unspecified atom stereocenters. The maximum atomic E-state index is 11.8. The van der Waals surface area contributed by atoms with Gasteiger partial charge >= 0.3 is 0 Å². The standard InChI is InChI=1S/C15H18N2O2/c1-3-7-12(8-4-2)15(19)17-11-14(18)13-9-5-6-10-16-13/h3-4,6-8,10H,1,5,9,11H2,2H3,(H,17,19)/b8-4-,12-7+. The van der Waals surface area contributed by atoms with Crippen molar-refractivity contribution in [2.45, 2.75) is 19.8 Å². The molecule has 19 heavy (non-hydrogen) atoms. The van der Waals surface area contributed by atoms with Gasteiger partial charge in [0.05, 0.1) is 12.3 Å². The van der Waals surface area contributed by atoms with Crippen molar-refractivity contribution in [3.63, 3.8) is 0 Å². The lowest BCUT2D eigenvalue weighted by Gasteiger charge is -2.08. The fourth-order valence-electron chi connectivity index (χ4n) is 1.59. The number of amides is 1. The minimum atomic E-state index is -0.293. The Labute approximate surface area is 113 Å². The van der Waals surface area contributed by atoms with E-state index in [1.165, 1.54) is 6.08 Å². The molecule has 0 spiro atoms. The fraction of sp³-hybridized carbons (Fsp3) is 0.267. The lowest BCUT2D eigenvalue weighted by Crippen LogP contribution is -2.34. The van der Waals surface area contributed by atoms with Gasteiger partial charge in [0, 0.05) is 11.8 Å². The van der Waals surface area contributed by atoms with E-state index in [0.717, 1.165) is 6.42 Å². The number of ketones is 1. The summed E-state index contributed by atoms with van der Waals surface area (Å²) in [4.78, 5) is 27.6. The van der Waals surface area contributed by atoms with E-state index in [2.05, 4.69) is 16.9 Å². The summed E-state index contributed by atoms with van der Waals surface area (Å²) in [5, 5.41) is 2.59. The minimum absolute atomic E-state index is 0.0302. The van der Waals surface area contributed by atoms with Crippen molar-refractivity contribution in [3.8, 4) is 0 Å². The molecule has 0 saturated carbocycles. The normalized spacial score (nSPS) is 15.2. The molecule has 0 aliphatic carbocycles. The molecule has 1 heterocycles. The first kappa shape index (κ1) is 14.8. The summed E-state index contributed by atoms with van der Waals surface area (Å²) in [6.45, 7) is 5.34. The van der Waals surface area contributed by atoms with Crippen molar-refractivity contribution in [2.24, 2.45) is 4.99 Å². The van der Waals surface area contributed by atoms with Gasteiger partial charge in [0.2, 0.25) is 0 Å². The molecule has 1 rings (SSSR count). The molecule has 0 fully saturated rings. The number of Topliss-reactive ketones (excluding diaryl/α,β-unsaturated/α-hetero) is 1. The van der Waals surface area contributed by atoms with Crippen LogP contribution in [-0.2, 0) is 9.59 Å². The lowest BCUT2D eigenvalue weighted by molar-refractivity contribution is -0.120. The molecular weight excluding hydrogens is 240 g/mol. The molecule has 1 aliphatic rings. The lowest BCUT2D eigenvalue weighted by atomic mass is 10.1. The third-order valence-corrected chi connectivity index (χ3v) is 2.52. The molecule has 0 aromatic rings. The van der Waals surface area contributed by atoms with E-state index in [1.807, 2.05) is 13.0 Å². The molecule has 0 saturated heterocycles. The molecule has 0 aromatic carbocycles. The van der Waals surface area contributed by atoms with Crippen LogP contribution in [-0.4, -0.2) is 23.9 Å². The van der Waals surface area contributed by atoms with Crippen molar-refractivity contribution in [1.82, 2.24) is 5.32 Å². The van der Waals surface area contributed by atoms with Crippen molar-refractivity contribution in [3.05, 3.63) is 48.7 Å². The van der Waals surface area contributed by atoms with Crippen LogP contribution < -0.4 is 5.32 Å². The molecule has 1 N–H and O–H groups in total. The van der Waals surface area contributed by atoms with Crippen molar-refractivity contribution in [1.29, 1.82) is 0 Å². The summed E-state index contributed by atoms with van der Waals surface area (Å²) >= 11 is 0. The van der Waals surface area contributed by atoms with Crippen LogP contribution in [0, 0.1) is 0 Å². The number of nitrogens with one attached hydrogen (secondary N) is 1. The Morgan fingerprint density at radius 2 is 2.32 bits per heavy atom. The summed E-state index contributed by atoms with van der Waals surface area (Å²) in [6, 6.07) is 0. The first-order chi connectivity index (χ1) is 9.19. The molecule has 4 nitrogen and oxygen atoms in total. The predicted octanol–water partition coefficient (Wildman–Crippen LogP) is 2.11. The first-order valence-corrected chi connectivity index (χ1v) is 6.17. The summed E-state index contributed by atoms with van der Waals surface area (Å²) in [5.74, 6) is -0.436.